The predicted octanol–water partition coefficient (Wildman–Crippen LogP) is 3.94. The minimum atomic E-state index is -0.599. The molecule has 0 unspecified atom stereocenters. The van der Waals surface area contributed by atoms with E-state index in [1.807, 2.05) is 12.1 Å². The normalized spacial score (nSPS) is 18.5. The average Bonchev–Trinajstić information content (AvgIpc) is 2.67. The van der Waals surface area contributed by atoms with Crippen LogP contribution in [-0.2, 0) is 9.59 Å². The maximum Gasteiger partial charge on any atom is 0.238 e. The summed E-state index contributed by atoms with van der Waals surface area (Å²) in [6, 6.07) is 14.2. The van der Waals surface area contributed by atoms with Crippen LogP contribution in [0.1, 0.15) is 6.42 Å². The smallest absolute Gasteiger partial charge is 0.238 e. The first kappa shape index (κ1) is 19.3. The summed E-state index contributed by atoms with van der Waals surface area (Å²) in [6.07, 6.45) is 0.0857. The Balaban J connectivity index is 1.83. The van der Waals surface area contributed by atoms with E-state index in [4.69, 9.17) is 16.3 Å². The van der Waals surface area contributed by atoms with E-state index >= 15 is 0 Å². The summed E-state index contributed by atoms with van der Waals surface area (Å²) in [5.41, 5.74) is 1.11. The third kappa shape index (κ3) is 4.43. The van der Waals surface area contributed by atoms with E-state index in [0.717, 1.165) is 0 Å². The topological polar surface area (TPSA) is 71.0 Å². The molecule has 8 heteroatoms. The number of benzene rings is 2. The maximum absolute atomic E-state index is 12.7. The van der Waals surface area contributed by atoms with Crippen LogP contribution in [0.5, 0.6) is 5.75 Å². The zero-order valence-electron chi connectivity index (χ0n) is 14.8. The van der Waals surface area contributed by atoms with E-state index in [2.05, 4.69) is 10.3 Å². The number of thioether (sulfide) groups is 1. The van der Waals surface area contributed by atoms with Crippen molar-refractivity contribution in [3.8, 4) is 5.75 Å². The molecule has 0 spiro atoms. The van der Waals surface area contributed by atoms with Gasteiger partial charge in [-0.1, -0.05) is 47.6 Å². The first-order chi connectivity index (χ1) is 13.0. The van der Waals surface area contributed by atoms with Crippen LogP contribution in [0.2, 0.25) is 5.02 Å². The molecular formula is C19H18ClN3O3S. The molecule has 1 N–H and O–H groups in total. The number of para-hydroxylation sites is 3. The molecule has 0 aromatic heterocycles. The number of halogens is 1. The molecule has 0 saturated carbocycles. The maximum atomic E-state index is 12.7. The molecule has 1 aliphatic rings. The van der Waals surface area contributed by atoms with Crippen LogP contribution in [0.25, 0.3) is 0 Å². The van der Waals surface area contributed by atoms with Gasteiger partial charge < -0.3 is 10.1 Å². The Hall–Kier alpha value is -2.51. The third-order valence-electron chi connectivity index (χ3n) is 3.99. The van der Waals surface area contributed by atoms with Crippen molar-refractivity contribution in [2.75, 3.05) is 19.5 Å². The van der Waals surface area contributed by atoms with Crippen LogP contribution >= 0.6 is 23.4 Å². The van der Waals surface area contributed by atoms with E-state index < -0.39 is 5.25 Å². The number of amidine groups is 1. The summed E-state index contributed by atoms with van der Waals surface area (Å²) in [6.45, 7) is 0. The SMILES string of the molecule is COc1ccccc1N=C1S[C@@H](C(=O)Nc2ccccc2Cl)CC(=O)N1C. The van der Waals surface area contributed by atoms with Gasteiger partial charge in [-0.2, -0.15) is 0 Å². The Kier molecular flexibility index (Phi) is 6.03. The second kappa shape index (κ2) is 8.45. The van der Waals surface area contributed by atoms with Gasteiger partial charge in [-0.15, -0.1) is 0 Å². The lowest BCUT2D eigenvalue weighted by Gasteiger charge is -2.29. The Morgan fingerprint density at radius 2 is 1.96 bits per heavy atom. The second-order valence-corrected chi connectivity index (χ2v) is 7.38. The molecule has 6 nitrogen and oxygen atoms in total. The summed E-state index contributed by atoms with van der Waals surface area (Å²) < 4.78 is 5.30. The van der Waals surface area contributed by atoms with Crippen LogP contribution in [0.3, 0.4) is 0 Å². The molecule has 1 saturated heterocycles. The summed E-state index contributed by atoms with van der Waals surface area (Å²) in [7, 11) is 3.20. The lowest BCUT2D eigenvalue weighted by molar-refractivity contribution is -0.128. The lowest BCUT2D eigenvalue weighted by Crippen LogP contribution is -2.43. The number of ether oxygens (including phenoxy) is 1. The molecule has 140 valence electrons. The van der Waals surface area contributed by atoms with Gasteiger partial charge in [0.05, 0.1) is 17.8 Å². The van der Waals surface area contributed by atoms with E-state index in [1.54, 1.807) is 50.6 Å². The highest BCUT2D eigenvalue weighted by molar-refractivity contribution is 8.15. The van der Waals surface area contributed by atoms with Gasteiger partial charge >= 0.3 is 0 Å². The third-order valence-corrected chi connectivity index (χ3v) is 5.56. The van der Waals surface area contributed by atoms with Crippen LogP contribution < -0.4 is 10.1 Å². The molecule has 0 aliphatic carbocycles. The Morgan fingerprint density at radius 1 is 1.26 bits per heavy atom. The van der Waals surface area contributed by atoms with Crippen molar-refractivity contribution in [3.63, 3.8) is 0 Å². The molecule has 1 fully saturated rings. The van der Waals surface area contributed by atoms with E-state index in [1.165, 1.54) is 16.7 Å². The number of carbonyl (C=O) groups excluding carboxylic acids is 2. The molecule has 2 aromatic carbocycles. The standard InChI is InChI=1S/C19H18ClN3O3S/c1-23-17(24)11-16(18(25)21-13-8-4-3-7-12(13)20)27-19(23)22-14-9-5-6-10-15(14)26-2/h3-10,16H,11H2,1-2H3,(H,21,25)/t16-/m1/s1. The number of rotatable bonds is 4. The van der Waals surface area contributed by atoms with Crippen LogP contribution in [0.4, 0.5) is 11.4 Å². The number of anilines is 1. The van der Waals surface area contributed by atoms with Gasteiger partial charge in [0.1, 0.15) is 16.7 Å². The minimum Gasteiger partial charge on any atom is -0.494 e. The molecule has 1 atom stereocenters. The second-order valence-electron chi connectivity index (χ2n) is 5.80. The average molecular weight is 404 g/mol. The van der Waals surface area contributed by atoms with Crippen molar-refractivity contribution in [1.82, 2.24) is 4.90 Å². The monoisotopic (exact) mass is 403 g/mol. The van der Waals surface area contributed by atoms with Crippen molar-refractivity contribution < 1.29 is 14.3 Å². The largest absolute Gasteiger partial charge is 0.494 e. The van der Waals surface area contributed by atoms with E-state index in [0.29, 0.717) is 27.3 Å². The van der Waals surface area contributed by atoms with Gasteiger partial charge in [-0.25, -0.2) is 4.99 Å². The van der Waals surface area contributed by atoms with Crippen LogP contribution in [-0.4, -0.2) is 41.3 Å². The van der Waals surface area contributed by atoms with Crippen LogP contribution in [0, 0.1) is 0 Å². The first-order valence-corrected chi connectivity index (χ1v) is 9.45. The molecule has 2 amide bonds. The van der Waals surface area contributed by atoms with Gasteiger partial charge in [-0.3, -0.25) is 14.5 Å². The van der Waals surface area contributed by atoms with Gasteiger partial charge in [0.25, 0.3) is 0 Å². The van der Waals surface area contributed by atoms with Gasteiger partial charge in [0.15, 0.2) is 5.17 Å². The number of carbonyl (C=O) groups is 2. The zero-order valence-corrected chi connectivity index (χ0v) is 16.4. The van der Waals surface area contributed by atoms with E-state index in [-0.39, 0.29) is 18.2 Å². The quantitative estimate of drug-likeness (QED) is 0.839. The molecular weight excluding hydrogens is 386 g/mol. The summed E-state index contributed by atoms with van der Waals surface area (Å²) in [5.74, 6) is 0.123. The number of hydrogen-bond donors (Lipinski definition) is 1. The Labute approximate surface area is 166 Å². The summed E-state index contributed by atoms with van der Waals surface area (Å²) in [5, 5.41) is 3.06. The van der Waals surface area contributed by atoms with Crippen molar-refractivity contribution in [1.29, 1.82) is 0 Å². The van der Waals surface area contributed by atoms with E-state index in [9.17, 15) is 9.59 Å². The number of amides is 2. The number of nitrogens with zero attached hydrogens (tertiary/aromatic N) is 2. The fourth-order valence-electron chi connectivity index (χ4n) is 2.50. The fourth-order valence-corrected chi connectivity index (χ4v) is 3.74. The fraction of sp³-hybridized carbons (Fsp3) is 0.211. The Morgan fingerprint density at radius 3 is 2.70 bits per heavy atom. The van der Waals surface area contributed by atoms with Crippen molar-refractivity contribution in [2.45, 2.75) is 11.7 Å². The van der Waals surface area contributed by atoms with Crippen molar-refractivity contribution >= 4 is 51.7 Å². The van der Waals surface area contributed by atoms with Gasteiger partial charge in [-0.05, 0) is 24.3 Å². The summed E-state index contributed by atoms with van der Waals surface area (Å²) in [4.78, 5) is 31.0. The molecule has 2 aromatic rings. The number of nitrogens with one attached hydrogen (secondary N) is 1. The summed E-state index contributed by atoms with van der Waals surface area (Å²) >= 11 is 7.33. The van der Waals surface area contributed by atoms with Crippen molar-refractivity contribution in [3.05, 3.63) is 53.6 Å². The highest BCUT2D eigenvalue weighted by Crippen LogP contribution is 2.33. The minimum absolute atomic E-state index is 0.0857. The Bertz CT molecular complexity index is 903. The van der Waals surface area contributed by atoms with Gasteiger partial charge in [0.2, 0.25) is 11.8 Å². The first-order valence-electron chi connectivity index (χ1n) is 8.20. The van der Waals surface area contributed by atoms with Crippen LogP contribution in [0.15, 0.2) is 53.5 Å². The molecule has 27 heavy (non-hydrogen) atoms. The molecule has 1 heterocycles. The highest BCUT2D eigenvalue weighted by atomic mass is 35.5. The zero-order chi connectivity index (χ0) is 19.4. The molecule has 0 radical (unpaired) electrons. The lowest BCUT2D eigenvalue weighted by atomic mass is 10.2. The highest BCUT2D eigenvalue weighted by Gasteiger charge is 2.34. The molecule has 3 rings (SSSR count). The molecule has 1 aliphatic heterocycles. The van der Waals surface area contributed by atoms with Gasteiger partial charge in [0, 0.05) is 13.5 Å². The molecule has 0 bridgehead atoms. The number of hydrogen-bond acceptors (Lipinski definition) is 5. The predicted molar refractivity (Wildman–Crippen MR) is 109 cm³/mol. The number of methoxy groups -OCH3 is 1. The number of aliphatic imine (C=N–C) groups is 1. The van der Waals surface area contributed by atoms with Crippen molar-refractivity contribution in [2.24, 2.45) is 4.99 Å².